The van der Waals surface area contributed by atoms with Gasteiger partial charge in [-0.05, 0) is 38.0 Å². The predicted molar refractivity (Wildman–Crippen MR) is 95.1 cm³/mol. The summed E-state index contributed by atoms with van der Waals surface area (Å²) in [6.07, 6.45) is 2.53. The van der Waals surface area contributed by atoms with Crippen LogP contribution in [0.1, 0.15) is 47.9 Å². The van der Waals surface area contributed by atoms with Crippen molar-refractivity contribution in [3.05, 3.63) is 40.1 Å². The molecule has 25 heavy (non-hydrogen) atoms. The van der Waals surface area contributed by atoms with E-state index in [-0.39, 0.29) is 17.0 Å². The van der Waals surface area contributed by atoms with Crippen LogP contribution in [0.25, 0.3) is 0 Å². The summed E-state index contributed by atoms with van der Waals surface area (Å²) in [5, 5.41) is 14.2. The molecule has 0 saturated carbocycles. The van der Waals surface area contributed by atoms with Crippen LogP contribution in [-0.4, -0.2) is 28.1 Å². The second kappa shape index (κ2) is 9.22. The standard InChI is InChI=1S/C17H21FN4O2S/c1-3-11(2)19-14(23)8-5-9-15-21-22-17(25-15)16(24)20-13-7-4-6-12(18)10-13/h4,6-7,10-11H,3,5,8-9H2,1-2H3,(H,19,23)(H,20,24)/t11-/m0/s1. The van der Waals surface area contributed by atoms with Crippen molar-refractivity contribution in [3.8, 4) is 0 Å². The molecular weight excluding hydrogens is 343 g/mol. The minimum Gasteiger partial charge on any atom is -0.354 e. The lowest BCUT2D eigenvalue weighted by atomic mass is 10.2. The summed E-state index contributed by atoms with van der Waals surface area (Å²) in [4.78, 5) is 23.8. The van der Waals surface area contributed by atoms with Gasteiger partial charge < -0.3 is 10.6 Å². The number of carbonyl (C=O) groups excluding carboxylic acids is 2. The van der Waals surface area contributed by atoms with E-state index in [1.807, 2.05) is 13.8 Å². The molecule has 2 amide bonds. The summed E-state index contributed by atoms with van der Waals surface area (Å²) >= 11 is 1.17. The van der Waals surface area contributed by atoms with E-state index in [0.717, 1.165) is 6.42 Å². The summed E-state index contributed by atoms with van der Waals surface area (Å²) in [5.41, 5.74) is 0.364. The van der Waals surface area contributed by atoms with Gasteiger partial charge >= 0.3 is 0 Å². The van der Waals surface area contributed by atoms with Crippen LogP contribution >= 0.6 is 11.3 Å². The van der Waals surface area contributed by atoms with Gasteiger partial charge in [-0.3, -0.25) is 9.59 Å². The number of nitrogens with zero attached hydrogens (tertiary/aromatic N) is 2. The highest BCUT2D eigenvalue weighted by Gasteiger charge is 2.14. The topological polar surface area (TPSA) is 84.0 Å². The van der Waals surface area contributed by atoms with Gasteiger partial charge in [0.1, 0.15) is 10.8 Å². The van der Waals surface area contributed by atoms with Gasteiger partial charge in [-0.1, -0.05) is 24.3 Å². The van der Waals surface area contributed by atoms with Crippen LogP contribution in [0, 0.1) is 5.82 Å². The van der Waals surface area contributed by atoms with Gasteiger partial charge in [0, 0.05) is 24.6 Å². The number of benzene rings is 1. The van der Waals surface area contributed by atoms with Crippen molar-refractivity contribution >= 4 is 28.8 Å². The Hall–Kier alpha value is -2.35. The van der Waals surface area contributed by atoms with E-state index in [9.17, 15) is 14.0 Å². The molecule has 0 aliphatic heterocycles. The van der Waals surface area contributed by atoms with Gasteiger partial charge in [0.05, 0.1) is 0 Å². The summed E-state index contributed by atoms with van der Waals surface area (Å²) in [6, 6.07) is 5.82. The molecule has 2 N–H and O–H groups in total. The summed E-state index contributed by atoms with van der Waals surface area (Å²) in [7, 11) is 0. The van der Waals surface area contributed by atoms with Crippen molar-refractivity contribution < 1.29 is 14.0 Å². The molecule has 1 aromatic heterocycles. The fraction of sp³-hybridized carbons (Fsp3) is 0.412. The van der Waals surface area contributed by atoms with Crippen LogP contribution in [0.3, 0.4) is 0 Å². The van der Waals surface area contributed by atoms with Gasteiger partial charge in [0.15, 0.2) is 0 Å². The molecule has 6 nitrogen and oxygen atoms in total. The van der Waals surface area contributed by atoms with E-state index in [2.05, 4.69) is 20.8 Å². The van der Waals surface area contributed by atoms with Gasteiger partial charge in [0.2, 0.25) is 10.9 Å². The molecule has 1 heterocycles. The zero-order valence-electron chi connectivity index (χ0n) is 14.2. The third kappa shape index (κ3) is 6.22. The molecule has 0 radical (unpaired) electrons. The Kier molecular flexibility index (Phi) is 7.00. The SMILES string of the molecule is CC[C@H](C)NC(=O)CCCc1nnc(C(=O)Nc2cccc(F)c2)s1. The minimum absolute atomic E-state index is 0.0166. The molecule has 0 bridgehead atoms. The highest BCUT2D eigenvalue weighted by atomic mass is 32.1. The van der Waals surface area contributed by atoms with E-state index in [4.69, 9.17) is 0 Å². The fourth-order valence-corrected chi connectivity index (χ4v) is 2.82. The van der Waals surface area contributed by atoms with Crippen molar-refractivity contribution in [1.29, 1.82) is 0 Å². The molecule has 0 spiro atoms. The molecule has 2 rings (SSSR count). The van der Waals surface area contributed by atoms with Crippen LogP contribution in [0.5, 0.6) is 0 Å². The molecule has 2 aromatic rings. The Balaban J connectivity index is 1.81. The van der Waals surface area contributed by atoms with Gasteiger partial charge in [-0.2, -0.15) is 0 Å². The number of rotatable bonds is 8. The number of carbonyl (C=O) groups is 2. The summed E-state index contributed by atoms with van der Waals surface area (Å²) in [5.74, 6) is -0.835. The minimum atomic E-state index is -0.427. The molecule has 0 aliphatic carbocycles. The quantitative estimate of drug-likeness (QED) is 0.753. The number of hydrogen-bond donors (Lipinski definition) is 2. The highest BCUT2D eigenvalue weighted by Crippen LogP contribution is 2.16. The third-order valence-corrected chi connectivity index (χ3v) is 4.54. The lowest BCUT2D eigenvalue weighted by Gasteiger charge is -2.10. The smallest absolute Gasteiger partial charge is 0.286 e. The van der Waals surface area contributed by atoms with Crippen LogP contribution in [0.2, 0.25) is 0 Å². The number of halogens is 1. The summed E-state index contributed by atoms with van der Waals surface area (Å²) < 4.78 is 13.1. The fourth-order valence-electron chi connectivity index (χ4n) is 2.05. The Morgan fingerprint density at radius 2 is 2.12 bits per heavy atom. The third-order valence-electron chi connectivity index (χ3n) is 3.56. The van der Waals surface area contributed by atoms with Crippen molar-refractivity contribution in [2.45, 2.75) is 45.6 Å². The first-order chi connectivity index (χ1) is 12.0. The Bertz CT molecular complexity index is 735. The van der Waals surface area contributed by atoms with E-state index < -0.39 is 11.7 Å². The first-order valence-electron chi connectivity index (χ1n) is 8.16. The molecule has 0 fully saturated rings. The monoisotopic (exact) mass is 364 g/mol. The number of anilines is 1. The largest absolute Gasteiger partial charge is 0.354 e. The summed E-state index contributed by atoms with van der Waals surface area (Å²) in [6.45, 7) is 3.98. The number of amides is 2. The molecule has 8 heteroatoms. The lowest BCUT2D eigenvalue weighted by Crippen LogP contribution is -2.31. The normalized spacial score (nSPS) is 11.8. The van der Waals surface area contributed by atoms with E-state index in [1.165, 1.54) is 29.5 Å². The average molecular weight is 364 g/mol. The number of aromatic nitrogens is 2. The van der Waals surface area contributed by atoms with Crippen LogP contribution in [0.4, 0.5) is 10.1 Å². The molecule has 0 aliphatic rings. The number of hydrogen-bond acceptors (Lipinski definition) is 5. The second-order valence-corrected chi connectivity index (χ2v) is 6.76. The van der Waals surface area contributed by atoms with Crippen molar-refractivity contribution in [2.24, 2.45) is 0 Å². The zero-order chi connectivity index (χ0) is 18.2. The number of aryl methyl sites for hydroxylation is 1. The Morgan fingerprint density at radius 3 is 2.84 bits per heavy atom. The Morgan fingerprint density at radius 1 is 1.32 bits per heavy atom. The molecule has 0 saturated heterocycles. The first kappa shape index (κ1) is 19.0. The van der Waals surface area contributed by atoms with Crippen LogP contribution < -0.4 is 10.6 Å². The molecule has 134 valence electrons. The zero-order valence-corrected chi connectivity index (χ0v) is 15.0. The van der Waals surface area contributed by atoms with Crippen LogP contribution in [-0.2, 0) is 11.2 Å². The maximum absolute atomic E-state index is 13.1. The Labute approximate surface area is 149 Å². The van der Waals surface area contributed by atoms with Gasteiger partial charge in [-0.25, -0.2) is 4.39 Å². The molecule has 1 aromatic carbocycles. The predicted octanol–water partition coefficient (Wildman–Crippen LogP) is 3.17. The van der Waals surface area contributed by atoms with Crippen molar-refractivity contribution in [3.63, 3.8) is 0 Å². The van der Waals surface area contributed by atoms with E-state index in [1.54, 1.807) is 6.07 Å². The second-order valence-electron chi connectivity index (χ2n) is 5.70. The van der Waals surface area contributed by atoms with E-state index >= 15 is 0 Å². The molecule has 0 unspecified atom stereocenters. The van der Waals surface area contributed by atoms with Crippen molar-refractivity contribution in [1.82, 2.24) is 15.5 Å². The molecular formula is C17H21FN4O2S. The average Bonchev–Trinajstić information content (AvgIpc) is 3.03. The van der Waals surface area contributed by atoms with Crippen molar-refractivity contribution in [2.75, 3.05) is 5.32 Å². The number of nitrogens with one attached hydrogen (secondary N) is 2. The highest BCUT2D eigenvalue weighted by molar-refractivity contribution is 7.13. The maximum Gasteiger partial charge on any atom is 0.286 e. The maximum atomic E-state index is 13.1. The van der Waals surface area contributed by atoms with Gasteiger partial charge in [0.25, 0.3) is 5.91 Å². The van der Waals surface area contributed by atoms with E-state index in [0.29, 0.717) is 30.0 Å². The molecule has 1 atom stereocenters. The van der Waals surface area contributed by atoms with Gasteiger partial charge in [-0.15, -0.1) is 10.2 Å². The lowest BCUT2D eigenvalue weighted by molar-refractivity contribution is -0.121. The van der Waals surface area contributed by atoms with Crippen LogP contribution in [0.15, 0.2) is 24.3 Å². The first-order valence-corrected chi connectivity index (χ1v) is 8.98.